The summed E-state index contributed by atoms with van der Waals surface area (Å²) in [6.07, 6.45) is 3.24. The molecule has 1 heterocycles. The Kier molecular flexibility index (Phi) is 4.72. The number of likely N-dealkylation sites (N-methyl/N-ethyl adjacent to an activating group) is 1. The van der Waals surface area contributed by atoms with Crippen LogP contribution in [0.2, 0.25) is 10.0 Å². The van der Waals surface area contributed by atoms with Crippen LogP contribution in [0.1, 0.15) is 11.1 Å². The van der Waals surface area contributed by atoms with Crippen LogP contribution in [0.4, 0.5) is 0 Å². The van der Waals surface area contributed by atoms with Crippen LogP contribution in [0.5, 0.6) is 0 Å². The van der Waals surface area contributed by atoms with Gasteiger partial charge in [-0.2, -0.15) is 0 Å². The first-order valence-electron chi connectivity index (χ1n) is 7.34. The normalized spacial score (nSPS) is 11.2. The van der Waals surface area contributed by atoms with E-state index >= 15 is 0 Å². The molecule has 0 aliphatic heterocycles. The van der Waals surface area contributed by atoms with Gasteiger partial charge in [-0.3, -0.25) is 0 Å². The van der Waals surface area contributed by atoms with Gasteiger partial charge in [0.15, 0.2) is 0 Å². The van der Waals surface area contributed by atoms with Crippen LogP contribution >= 0.6 is 23.2 Å². The van der Waals surface area contributed by atoms with Crippen molar-refractivity contribution >= 4 is 34.1 Å². The van der Waals surface area contributed by atoms with Crippen LogP contribution < -0.4 is 5.32 Å². The van der Waals surface area contributed by atoms with Gasteiger partial charge in [0.1, 0.15) is 0 Å². The molecule has 0 bridgehead atoms. The number of nitrogens with zero attached hydrogens (tertiary/aromatic N) is 1. The highest BCUT2D eigenvalue weighted by Crippen LogP contribution is 2.26. The summed E-state index contributed by atoms with van der Waals surface area (Å²) in [5.41, 5.74) is 3.67. The third-order valence-electron chi connectivity index (χ3n) is 3.87. The lowest BCUT2D eigenvalue weighted by Gasteiger charge is -2.08. The topological polar surface area (TPSA) is 17.0 Å². The Hall–Kier alpha value is -1.48. The minimum atomic E-state index is 0.667. The van der Waals surface area contributed by atoms with Crippen molar-refractivity contribution in [2.45, 2.75) is 13.0 Å². The number of benzene rings is 2. The predicted octanol–water partition coefficient (Wildman–Crippen LogP) is 4.76. The van der Waals surface area contributed by atoms with Crippen LogP contribution in [0.15, 0.2) is 48.7 Å². The number of fused-ring (bicyclic) bond motifs is 1. The van der Waals surface area contributed by atoms with Crippen molar-refractivity contribution in [1.82, 2.24) is 9.88 Å². The van der Waals surface area contributed by atoms with Gasteiger partial charge in [-0.25, -0.2) is 0 Å². The summed E-state index contributed by atoms with van der Waals surface area (Å²) in [6.45, 7) is 1.71. The minimum Gasteiger partial charge on any atom is -0.343 e. The first kappa shape index (κ1) is 15.4. The lowest BCUT2D eigenvalue weighted by atomic mass is 10.1. The molecule has 22 heavy (non-hydrogen) atoms. The molecule has 1 aromatic heterocycles. The maximum atomic E-state index is 6.31. The second-order valence-electron chi connectivity index (χ2n) is 5.39. The molecule has 0 spiro atoms. The van der Waals surface area contributed by atoms with Gasteiger partial charge in [-0.05, 0) is 49.3 Å². The lowest BCUT2D eigenvalue weighted by Crippen LogP contribution is -2.10. The van der Waals surface area contributed by atoms with Crippen LogP contribution in [0.25, 0.3) is 10.9 Å². The summed E-state index contributed by atoms with van der Waals surface area (Å²) in [7, 11) is 1.98. The highest BCUT2D eigenvalue weighted by molar-refractivity contribution is 6.35. The molecular weight excluding hydrogens is 315 g/mol. The number of hydrogen-bond acceptors (Lipinski definition) is 1. The molecule has 0 radical (unpaired) electrons. The summed E-state index contributed by atoms with van der Waals surface area (Å²) in [6, 6.07) is 14.2. The molecule has 0 aliphatic rings. The van der Waals surface area contributed by atoms with Gasteiger partial charge in [0, 0.05) is 33.7 Å². The van der Waals surface area contributed by atoms with Gasteiger partial charge in [0.2, 0.25) is 0 Å². The zero-order valence-corrected chi connectivity index (χ0v) is 14.0. The van der Waals surface area contributed by atoms with E-state index in [0.29, 0.717) is 10.0 Å². The fraction of sp³-hybridized carbons (Fsp3) is 0.222. The molecule has 0 atom stereocenters. The van der Waals surface area contributed by atoms with Gasteiger partial charge in [-0.1, -0.05) is 47.5 Å². The maximum absolute atomic E-state index is 6.31. The number of nitrogens with one attached hydrogen (secondary N) is 1. The molecule has 2 nitrogen and oxygen atoms in total. The van der Waals surface area contributed by atoms with E-state index in [2.05, 4.69) is 40.3 Å². The standard InChI is InChI=1S/C18H18Cl2N2/c1-21-9-8-13-11-22(18-5-3-2-4-16(13)18)12-14-6-7-15(19)10-17(14)20/h2-7,10-11,21H,8-9,12H2,1H3. The summed E-state index contributed by atoms with van der Waals surface area (Å²) in [5, 5.41) is 5.90. The molecule has 2 aromatic carbocycles. The Balaban J connectivity index is 1.99. The van der Waals surface area contributed by atoms with E-state index in [0.717, 1.165) is 25.1 Å². The molecule has 0 saturated heterocycles. The summed E-state index contributed by atoms with van der Waals surface area (Å²) in [5.74, 6) is 0. The lowest BCUT2D eigenvalue weighted by molar-refractivity contribution is 0.783. The minimum absolute atomic E-state index is 0.667. The third kappa shape index (κ3) is 3.14. The van der Waals surface area contributed by atoms with Gasteiger partial charge in [-0.15, -0.1) is 0 Å². The van der Waals surface area contributed by atoms with Crippen molar-refractivity contribution in [2.75, 3.05) is 13.6 Å². The molecule has 1 N–H and O–H groups in total. The van der Waals surface area contributed by atoms with E-state index in [1.807, 2.05) is 19.2 Å². The van der Waals surface area contributed by atoms with Crippen molar-refractivity contribution < 1.29 is 0 Å². The van der Waals surface area contributed by atoms with E-state index < -0.39 is 0 Å². The van der Waals surface area contributed by atoms with Crippen LogP contribution in [0.3, 0.4) is 0 Å². The molecule has 0 unspecified atom stereocenters. The number of rotatable bonds is 5. The molecule has 3 aromatic rings. The van der Waals surface area contributed by atoms with Crippen molar-refractivity contribution in [1.29, 1.82) is 0 Å². The fourth-order valence-corrected chi connectivity index (χ4v) is 3.21. The highest BCUT2D eigenvalue weighted by atomic mass is 35.5. The summed E-state index contributed by atoms with van der Waals surface area (Å²) >= 11 is 12.3. The van der Waals surface area contributed by atoms with Gasteiger partial charge >= 0.3 is 0 Å². The molecule has 0 amide bonds. The zero-order valence-electron chi connectivity index (χ0n) is 12.4. The molecule has 114 valence electrons. The SMILES string of the molecule is CNCCc1cn(Cc2ccc(Cl)cc2Cl)c2ccccc12. The Bertz CT molecular complexity index is 793. The van der Waals surface area contributed by atoms with E-state index in [1.165, 1.54) is 16.5 Å². The monoisotopic (exact) mass is 332 g/mol. The van der Waals surface area contributed by atoms with Crippen molar-refractivity contribution in [3.8, 4) is 0 Å². The summed E-state index contributed by atoms with van der Waals surface area (Å²) in [4.78, 5) is 0. The number of aromatic nitrogens is 1. The van der Waals surface area contributed by atoms with E-state index in [9.17, 15) is 0 Å². The highest BCUT2D eigenvalue weighted by Gasteiger charge is 2.09. The van der Waals surface area contributed by atoms with Gasteiger partial charge in [0.25, 0.3) is 0 Å². The maximum Gasteiger partial charge on any atom is 0.0491 e. The fourth-order valence-electron chi connectivity index (χ4n) is 2.75. The smallest absolute Gasteiger partial charge is 0.0491 e. The molecule has 0 saturated carbocycles. The predicted molar refractivity (Wildman–Crippen MR) is 95.1 cm³/mol. The van der Waals surface area contributed by atoms with Gasteiger partial charge < -0.3 is 9.88 Å². The summed E-state index contributed by atoms with van der Waals surface area (Å²) < 4.78 is 2.26. The number of halogens is 2. The quantitative estimate of drug-likeness (QED) is 0.712. The first-order chi connectivity index (χ1) is 10.7. The average Bonchev–Trinajstić information content (AvgIpc) is 2.86. The second kappa shape index (κ2) is 6.74. The molecule has 3 rings (SSSR count). The van der Waals surface area contributed by atoms with Crippen LogP contribution in [-0.4, -0.2) is 18.2 Å². The van der Waals surface area contributed by atoms with Crippen molar-refractivity contribution in [2.24, 2.45) is 0 Å². The van der Waals surface area contributed by atoms with Crippen molar-refractivity contribution in [3.05, 3.63) is 69.8 Å². The largest absolute Gasteiger partial charge is 0.343 e. The Morgan fingerprint density at radius 3 is 2.64 bits per heavy atom. The molecular formula is C18H18Cl2N2. The Morgan fingerprint density at radius 2 is 1.86 bits per heavy atom. The van der Waals surface area contributed by atoms with Gasteiger partial charge in [0.05, 0.1) is 0 Å². The Morgan fingerprint density at radius 1 is 1.05 bits per heavy atom. The third-order valence-corrected chi connectivity index (χ3v) is 4.46. The second-order valence-corrected chi connectivity index (χ2v) is 6.23. The zero-order chi connectivity index (χ0) is 15.5. The Labute approximate surface area is 140 Å². The van der Waals surface area contributed by atoms with Crippen LogP contribution in [0, 0.1) is 0 Å². The van der Waals surface area contributed by atoms with Crippen LogP contribution in [-0.2, 0) is 13.0 Å². The molecule has 0 aliphatic carbocycles. The average molecular weight is 333 g/mol. The molecule has 0 fully saturated rings. The van der Waals surface area contributed by atoms with Crippen molar-refractivity contribution in [3.63, 3.8) is 0 Å². The van der Waals surface area contributed by atoms with E-state index in [-0.39, 0.29) is 0 Å². The van der Waals surface area contributed by atoms with E-state index in [1.54, 1.807) is 6.07 Å². The molecule has 4 heteroatoms. The number of para-hydroxylation sites is 1. The number of hydrogen-bond donors (Lipinski definition) is 1. The van der Waals surface area contributed by atoms with E-state index in [4.69, 9.17) is 23.2 Å². The first-order valence-corrected chi connectivity index (χ1v) is 8.10.